The van der Waals surface area contributed by atoms with Gasteiger partial charge in [-0.3, -0.25) is 19.9 Å². The van der Waals surface area contributed by atoms with E-state index in [1.54, 1.807) is 11.3 Å². The maximum Gasteiger partial charge on any atom is 0.125 e. The first-order valence-corrected chi connectivity index (χ1v) is 23.2. The maximum atomic E-state index is 5.30. The fourth-order valence-electron chi connectivity index (χ4n) is 9.30. The molecule has 13 aromatic rings. The smallest absolute Gasteiger partial charge is 0.125 e. The van der Waals surface area contributed by atoms with Crippen LogP contribution in [-0.2, 0) is 0 Å². The molecule has 5 aromatic heterocycles. The highest BCUT2D eigenvalue weighted by Gasteiger charge is 2.18. The van der Waals surface area contributed by atoms with Gasteiger partial charge in [-0.05, 0) is 148 Å². The second-order valence-electron chi connectivity index (χ2n) is 17.0. The van der Waals surface area contributed by atoms with Crippen LogP contribution in [0.25, 0.3) is 131 Å². The molecule has 6 heteroatoms. The van der Waals surface area contributed by atoms with Crippen LogP contribution >= 0.6 is 11.3 Å². The molecule has 0 atom stereocenters. The molecule has 67 heavy (non-hydrogen) atoms. The first kappa shape index (κ1) is 38.7. The molecule has 5 heterocycles. The summed E-state index contributed by atoms with van der Waals surface area (Å²) in [5.41, 5.74) is 18.7. The van der Waals surface area contributed by atoms with E-state index < -0.39 is 0 Å². The Morgan fingerprint density at radius 1 is 0.254 bits per heavy atom. The first-order valence-electron chi connectivity index (χ1n) is 22.3. The summed E-state index contributed by atoms with van der Waals surface area (Å²) in [4.78, 5) is 24.9. The fraction of sp³-hybridized carbons (Fsp3) is 0. The van der Waals surface area contributed by atoms with E-state index in [-0.39, 0.29) is 0 Å². The molecule has 0 spiro atoms. The summed E-state index contributed by atoms with van der Waals surface area (Å²) in [7, 11) is 0. The predicted octanol–water partition coefficient (Wildman–Crippen LogP) is 16.2. The van der Waals surface area contributed by atoms with Gasteiger partial charge in [-0.2, -0.15) is 0 Å². The Labute approximate surface area is 390 Å². The van der Waals surface area contributed by atoms with Crippen LogP contribution in [0.3, 0.4) is 0 Å². The molecule has 0 radical (unpaired) electrons. The molecular weight excluding hydrogens is 835 g/mol. The molecule has 0 fully saturated rings. The van der Waals surface area contributed by atoms with E-state index in [0.717, 1.165) is 131 Å². The average molecular weight is 872 g/mol. The quantitative estimate of drug-likeness (QED) is 0.160. The highest BCUT2D eigenvalue weighted by molar-refractivity contribution is 7.21. The Kier molecular flexibility index (Phi) is 9.29. The lowest BCUT2D eigenvalue weighted by atomic mass is 9.89. The van der Waals surface area contributed by atoms with Crippen LogP contribution < -0.4 is 0 Å². The second kappa shape index (κ2) is 16.1. The van der Waals surface area contributed by atoms with Crippen LogP contribution in [0.4, 0.5) is 0 Å². The molecule has 0 saturated carbocycles. The van der Waals surface area contributed by atoms with Gasteiger partial charge in [-0.25, -0.2) is 4.98 Å². The number of aromatic nitrogens is 5. The molecular formula is C61H37N5S. The van der Waals surface area contributed by atoms with E-state index in [9.17, 15) is 0 Å². The van der Waals surface area contributed by atoms with Crippen molar-refractivity contribution in [1.29, 1.82) is 0 Å². The van der Waals surface area contributed by atoms with Gasteiger partial charge in [0.25, 0.3) is 0 Å². The summed E-state index contributed by atoms with van der Waals surface area (Å²) in [6, 6.07) is 71.1. The zero-order chi connectivity index (χ0) is 44.3. The summed E-state index contributed by atoms with van der Waals surface area (Å²) in [5, 5.41) is 5.35. The summed E-state index contributed by atoms with van der Waals surface area (Å²) in [6.07, 6.45) is 7.95. The van der Waals surface area contributed by atoms with Crippen LogP contribution in [0, 0.1) is 0 Å². The molecule has 0 aliphatic rings. The highest BCUT2D eigenvalue weighted by Crippen LogP contribution is 2.43. The SMILES string of the molecule is c1ccc2ncc(-c3cc(-c4ccc(-c5cc(-c6cnc7ccccc7c6)cc(-c6cnc7ccccc7c6)c5)c(-c5nc6ccccc6s5)c4)cc(-c4cnc5ccccc5c4)c3)cc2c1. The molecule has 0 aliphatic heterocycles. The van der Waals surface area contributed by atoms with Crippen LogP contribution in [-0.4, -0.2) is 24.9 Å². The Morgan fingerprint density at radius 2 is 0.612 bits per heavy atom. The summed E-state index contributed by atoms with van der Waals surface area (Å²) < 4.78 is 1.14. The number of thiazole rings is 1. The average Bonchev–Trinajstić information content (AvgIpc) is 3.84. The highest BCUT2D eigenvalue weighted by atomic mass is 32.1. The van der Waals surface area contributed by atoms with Gasteiger partial charge in [-0.15, -0.1) is 11.3 Å². The Bertz CT molecular complexity index is 3850. The fourth-order valence-corrected chi connectivity index (χ4v) is 10.3. The van der Waals surface area contributed by atoms with Crippen molar-refractivity contribution in [2.45, 2.75) is 0 Å². The van der Waals surface area contributed by atoms with E-state index >= 15 is 0 Å². The number of rotatable bonds is 7. The van der Waals surface area contributed by atoms with Crippen molar-refractivity contribution in [2.75, 3.05) is 0 Å². The summed E-state index contributed by atoms with van der Waals surface area (Å²) in [6.45, 7) is 0. The second-order valence-corrected chi connectivity index (χ2v) is 18.0. The van der Waals surface area contributed by atoms with Crippen LogP contribution in [0.2, 0.25) is 0 Å². The molecule has 0 saturated heterocycles. The van der Waals surface area contributed by atoms with Crippen molar-refractivity contribution < 1.29 is 0 Å². The Balaban J connectivity index is 1.03. The standard InChI is InChI=1S/C61H37N5S/c1-5-15-55-39(11-1)23-49(34-62-55)44-27-43(28-45(29-44)50-24-40-12-2-6-16-56(40)63-35-50)38-21-22-53(54(33-38)61-66-59-19-9-10-20-60(59)67-61)48-31-46(51-25-41-13-3-7-17-57(41)64-36-51)30-47(32-48)52-26-42-14-4-8-18-58(42)65-37-52/h1-37H. The van der Waals surface area contributed by atoms with Crippen LogP contribution in [0.5, 0.6) is 0 Å². The van der Waals surface area contributed by atoms with Crippen LogP contribution in [0.15, 0.2) is 225 Å². The molecule has 13 rings (SSSR count). The number of hydrogen-bond donors (Lipinski definition) is 0. The van der Waals surface area contributed by atoms with E-state index in [2.05, 4.69) is 176 Å². The molecule has 0 unspecified atom stereocenters. The third kappa shape index (κ3) is 7.26. The predicted molar refractivity (Wildman–Crippen MR) is 279 cm³/mol. The van der Waals surface area contributed by atoms with E-state index in [0.29, 0.717) is 0 Å². The van der Waals surface area contributed by atoms with E-state index in [1.165, 1.54) is 0 Å². The lowest BCUT2D eigenvalue weighted by molar-refractivity contribution is 1.40. The van der Waals surface area contributed by atoms with E-state index in [1.807, 2.05) is 49.1 Å². The number of hydrogen-bond acceptors (Lipinski definition) is 6. The van der Waals surface area contributed by atoms with E-state index in [4.69, 9.17) is 24.9 Å². The van der Waals surface area contributed by atoms with Crippen molar-refractivity contribution in [2.24, 2.45) is 0 Å². The molecule has 5 nitrogen and oxygen atoms in total. The number of fused-ring (bicyclic) bond motifs is 5. The zero-order valence-corrected chi connectivity index (χ0v) is 36.8. The largest absolute Gasteiger partial charge is 0.256 e. The third-order valence-electron chi connectivity index (χ3n) is 12.7. The molecule has 0 N–H and O–H groups in total. The first-order chi connectivity index (χ1) is 33.1. The molecule has 8 aromatic carbocycles. The van der Waals surface area contributed by atoms with Crippen molar-refractivity contribution in [3.05, 3.63) is 225 Å². The van der Waals surface area contributed by atoms with Gasteiger partial charge in [-0.1, -0.05) is 97.1 Å². The summed E-state index contributed by atoms with van der Waals surface area (Å²) in [5.74, 6) is 0. The normalized spacial score (nSPS) is 11.6. The monoisotopic (exact) mass is 871 g/mol. The van der Waals surface area contributed by atoms with Gasteiger partial charge >= 0.3 is 0 Å². The van der Waals surface area contributed by atoms with Crippen molar-refractivity contribution in [3.63, 3.8) is 0 Å². The van der Waals surface area contributed by atoms with Gasteiger partial charge in [0.1, 0.15) is 5.01 Å². The number of benzene rings is 8. The van der Waals surface area contributed by atoms with Crippen molar-refractivity contribution in [1.82, 2.24) is 24.9 Å². The maximum absolute atomic E-state index is 5.30. The molecule has 0 bridgehead atoms. The van der Waals surface area contributed by atoms with Crippen molar-refractivity contribution in [3.8, 4) is 77.3 Å². The summed E-state index contributed by atoms with van der Waals surface area (Å²) >= 11 is 1.72. The number of pyridine rings is 4. The van der Waals surface area contributed by atoms with Gasteiger partial charge in [0.15, 0.2) is 0 Å². The van der Waals surface area contributed by atoms with Gasteiger partial charge in [0.05, 0.1) is 32.3 Å². The third-order valence-corrected chi connectivity index (χ3v) is 13.8. The van der Waals surface area contributed by atoms with Gasteiger partial charge in [0.2, 0.25) is 0 Å². The zero-order valence-electron chi connectivity index (χ0n) is 36.0. The Hall–Kier alpha value is -8.71. The van der Waals surface area contributed by atoms with Gasteiger partial charge in [0, 0.05) is 74.1 Å². The van der Waals surface area contributed by atoms with Crippen LogP contribution in [0.1, 0.15) is 0 Å². The lowest BCUT2D eigenvalue weighted by Gasteiger charge is -2.16. The van der Waals surface area contributed by atoms with Crippen molar-refractivity contribution >= 4 is 65.2 Å². The number of nitrogens with zero attached hydrogens (tertiary/aromatic N) is 5. The molecule has 0 aliphatic carbocycles. The lowest BCUT2D eigenvalue weighted by Crippen LogP contribution is -1.92. The minimum Gasteiger partial charge on any atom is -0.256 e. The minimum atomic E-state index is 0.957. The molecule has 0 amide bonds. The Morgan fingerprint density at radius 3 is 1.03 bits per heavy atom. The van der Waals surface area contributed by atoms with Gasteiger partial charge < -0.3 is 0 Å². The topological polar surface area (TPSA) is 64.5 Å². The number of para-hydroxylation sites is 5. The minimum absolute atomic E-state index is 0.957. The molecule has 312 valence electrons.